The van der Waals surface area contributed by atoms with Crippen molar-refractivity contribution in [1.29, 1.82) is 0 Å². The van der Waals surface area contributed by atoms with Gasteiger partial charge in [-0.1, -0.05) is 37.8 Å². The molecule has 0 radical (unpaired) electrons. The van der Waals surface area contributed by atoms with Crippen molar-refractivity contribution in [1.82, 2.24) is 0 Å². The van der Waals surface area contributed by atoms with Gasteiger partial charge in [-0.25, -0.2) is 0 Å². The smallest absolute Gasteiger partial charge is 0.00446 e. The van der Waals surface area contributed by atoms with Crippen molar-refractivity contribution in [2.45, 2.75) is 31.7 Å². The van der Waals surface area contributed by atoms with Crippen LogP contribution in [0.3, 0.4) is 0 Å². The minimum Gasteiger partial charge on any atom is -0.328 e. The van der Waals surface area contributed by atoms with E-state index in [2.05, 4.69) is 19.2 Å². The number of rotatable bonds is 3. The van der Waals surface area contributed by atoms with E-state index in [4.69, 9.17) is 5.73 Å². The average Bonchev–Trinajstić information content (AvgIpc) is 2.14. The van der Waals surface area contributed by atoms with Crippen LogP contribution >= 0.6 is 0 Å². The van der Waals surface area contributed by atoms with Gasteiger partial charge in [0.1, 0.15) is 0 Å². The third-order valence-corrected chi connectivity index (χ3v) is 2.73. The van der Waals surface area contributed by atoms with Crippen LogP contribution in [-0.4, -0.2) is 6.04 Å². The first-order valence-electron chi connectivity index (χ1n) is 4.98. The normalized spacial score (nSPS) is 29.8. The van der Waals surface area contributed by atoms with Gasteiger partial charge >= 0.3 is 0 Å². The Bertz CT molecular complexity index is 215. The van der Waals surface area contributed by atoms with Crippen LogP contribution in [0.25, 0.3) is 0 Å². The van der Waals surface area contributed by atoms with Crippen molar-refractivity contribution in [3.8, 4) is 0 Å². The lowest BCUT2D eigenvalue weighted by Crippen LogP contribution is -2.28. The predicted octanol–water partition coefficient (Wildman–Crippen LogP) is 2.80. The maximum Gasteiger partial charge on any atom is 0.00446 e. The van der Waals surface area contributed by atoms with Crippen LogP contribution in [0.1, 0.15) is 25.7 Å². The predicted molar refractivity (Wildman–Crippen MR) is 58.4 cm³/mol. The van der Waals surface area contributed by atoms with E-state index in [9.17, 15) is 0 Å². The zero-order valence-electron chi connectivity index (χ0n) is 8.21. The molecule has 0 heterocycles. The van der Waals surface area contributed by atoms with Crippen LogP contribution in [-0.2, 0) is 0 Å². The molecule has 1 aliphatic rings. The molecule has 1 rings (SSSR count). The van der Waals surface area contributed by atoms with Gasteiger partial charge in [0.2, 0.25) is 0 Å². The van der Waals surface area contributed by atoms with Crippen LogP contribution < -0.4 is 5.73 Å². The van der Waals surface area contributed by atoms with Crippen molar-refractivity contribution in [3.05, 3.63) is 37.0 Å². The molecule has 1 saturated carbocycles. The fourth-order valence-corrected chi connectivity index (χ4v) is 2.04. The summed E-state index contributed by atoms with van der Waals surface area (Å²) in [6.45, 7) is 7.53. The molecule has 0 saturated heterocycles. The Kier molecular flexibility index (Phi) is 3.97. The largest absolute Gasteiger partial charge is 0.328 e. The highest BCUT2D eigenvalue weighted by molar-refractivity contribution is 5.24. The van der Waals surface area contributed by atoms with Crippen LogP contribution in [0.4, 0.5) is 0 Å². The molecule has 13 heavy (non-hydrogen) atoms. The first kappa shape index (κ1) is 10.3. The molecular formula is C12H19N. The van der Waals surface area contributed by atoms with E-state index in [1.165, 1.54) is 24.8 Å². The molecule has 0 aromatic rings. The molecule has 1 aliphatic carbocycles. The Labute approximate surface area is 81.0 Å². The first-order valence-corrected chi connectivity index (χ1v) is 4.98. The molecule has 0 amide bonds. The minimum absolute atomic E-state index is 0.381. The third kappa shape index (κ3) is 2.85. The van der Waals surface area contributed by atoms with Crippen molar-refractivity contribution in [3.63, 3.8) is 0 Å². The van der Waals surface area contributed by atoms with E-state index < -0.39 is 0 Å². The van der Waals surface area contributed by atoms with E-state index in [1.807, 2.05) is 12.2 Å². The monoisotopic (exact) mass is 177 g/mol. The Balaban J connectivity index is 2.62. The molecule has 1 nitrogen and oxygen atoms in total. The van der Waals surface area contributed by atoms with Gasteiger partial charge in [-0.2, -0.15) is 0 Å². The second-order valence-corrected chi connectivity index (χ2v) is 3.73. The van der Waals surface area contributed by atoms with Gasteiger partial charge < -0.3 is 5.73 Å². The minimum atomic E-state index is 0.381. The van der Waals surface area contributed by atoms with Crippen molar-refractivity contribution >= 4 is 0 Å². The molecule has 0 aliphatic heterocycles. The number of hydrogen-bond acceptors (Lipinski definition) is 1. The van der Waals surface area contributed by atoms with Crippen LogP contribution in [0.15, 0.2) is 37.0 Å². The molecule has 1 heteroatoms. The molecule has 0 aromatic carbocycles. The summed E-state index contributed by atoms with van der Waals surface area (Å²) < 4.78 is 0. The lowest BCUT2D eigenvalue weighted by atomic mass is 9.81. The molecule has 0 spiro atoms. The number of allylic oxidation sites excluding steroid dienone is 4. The summed E-state index contributed by atoms with van der Waals surface area (Å²) in [5.74, 6) is 0.610. The second kappa shape index (κ2) is 5.03. The highest BCUT2D eigenvalue weighted by Gasteiger charge is 2.20. The zero-order chi connectivity index (χ0) is 9.68. The Morgan fingerprint density at radius 3 is 2.62 bits per heavy atom. The molecule has 72 valence electrons. The topological polar surface area (TPSA) is 26.0 Å². The number of nitrogens with two attached hydrogens (primary N) is 1. The van der Waals surface area contributed by atoms with Gasteiger partial charge in [-0.05, 0) is 30.8 Å². The Hall–Kier alpha value is -0.820. The molecule has 0 aromatic heterocycles. The molecule has 1 fully saturated rings. The molecule has 0 bridgehead atoms. The SMILES string of the molecule is C=C/C=C(\C=C)C1CCCC(N)C1. The summed E-state index contributed by atoms with van der Waals surface area (Å²) in [7, 11) is 0. The van der Waals surface area contributed by atoms with Gasteiger partial charge in [0.05, 0.1) is 0 Å². The van der Waals surface area contributed by atoms with E-state index in [0.717, 1.165) is 6.42 Å². The van der Waals surface area contributed by atoms with Crippen LogP contribution in [0.5, 0.6) is 0 Å². The second-order valence-electron chi connectivity index (χ2n) is 3.73. The summed E-state index contributed by atoms with van der Waals surface area (Å²) in [6.07, 6.45) is 10.6. The lowest BCUT2D eigenvalue weighted by molar-refractivity contribution is 0.363. The van der Waals surface area contributed by atoms with Crippen molar-refractivity contribution in [2.24, 2.45) is 11.7 Å². The third-order valence-electron chi connectivity index (χ3n) is 2.73. The fraction of sp³-hybridized carbons (Fsp3) is 0.500. The van der Waals surface area contributed by atoms with Gasteiger partial charge in [0, 0.05) is 6.04 Å². The highest BCUT2D eigenvalue weighted by atomic mass is 14.6. The Morgan fingerprint density at radius 2 is 2.08 bits per heavy atom. The number of hydrogen-bond donors (Lipinski definition) is 1. The van der Waals surface area contributed by atoms with Crippen molar-refractivity contribution < 1.29 is 0 Å². The average molecular weight is 177 g/mol. The summed E-state index contributed by atoms with van der Waals surface area (Å²) in [4.78, 5) is 0. The maximum absolute atomic E-state index is 5.93. The zero-order valence-corrected chi connectivity index (χ0v) is 8.21. The van der Waals surface area contributed by atoms with Gasteiger partial charge in [-0.15, -0.1) is 0 Å². The summed E-state index contributed by atoms with van der Waals surface area (Å²) in [5, 5.41) is 0. The summed E-state index contributed by atoms with van der Waals surface area (Å²) in [6, 6.07) is 0.381. The highest BCUT2D eigenvalue weighted by Crippen LogP contribution is 2.29. The van der Waals surface area contributed by atoms with Crippen LogP contribution in [0, 0.1) is 5.92 Å². The van der Waals surface area contributed by atoms with Gasteiger partial charge in [0.25, 0.3) is 0 Å². The molecule has 2 unspecified atom stereocenters. The Morgan fingerprint density at radius 1 is 1.31 bits per heavy atom. The van der Waals surface area contributed by atoms with E-state index in [1.54, 1.807) is 0 Å². The first-order chi connectivity index (χ1) is 6.27. The summed E-state index contributed by atoms with van der Waals surface area (Å²) >= 11 is 0. The van der Waals surface area contributed by atoms with Crippen molar-refractivity contribution in [2.75, 3.05) is 0 Å². The molecular weight excluding hydrogens is 158 g/mol. The maximum atomic E-state index is 5.93. The molecule has 2 atom stereocenters. The quantitative estimate of drug-likeness (QED) is 0.659. The fourth-order valence-electron chi connectivity index (χ4n) is 2.04. The van der Waals surface area contributed by atoms with E-state index in [-0.39, 0.29) is 0 Å². The lowest BCUT2D eigenvalue weighted by Gasteiger charge is -2.27. The summed E-state index contributed by atoms with van der Waals surface area (Å²) in [5.41, 5.74) is 7.22. The van der Waals surface area contributed by atoms with Gasteiger partial charge in [-0.3, -0.25) is 0 Å². The van der Waals surface area contributed by atoms with E-state index in [0.29, 0.717) is 12.0 Å². The molecule has 2 N–H and O–H groups in total. The van der Waals surface area contributed by atoms with E-state index >= 15 is 0 Å². The standard InChI is InChI=1S/C12H19N/c1-3-6-10(4-2)11-7-5-8-12(13)9-11/h3-4,6,11-12H,1-2,5,7-9,13H2/b10-6+. The van der Waals surface area contributed by atoms with Crippen LogP contribution in [0.2, 0.25) is 0 Å². The van der Waals surface area contributed by atoms with Gasteiger partial charge in [0.15, 0.2) is 0 Å².